The molecular weight excluding hydrogens is 328 g/mol. The molecule has 1 aromatic carbocycles. The van der Waals surface area contributed by atoms with Crippen molar-refractivity contribution < 1.29 is 0 Å². The molecule has 2 N–H and O–H groups in total. The Balaban J connectivity index is 2.17. The van der Waals surface area contributed by atoms with Crippen molar-refractivity contribution in [2.75, 3.05) is 12.4 Å². The van der Waals surface area contributed by atoms with Crippen LogP contribution in [0.25, 0.3) is 22.6 Å². The van der Waals surface area contributed by atoms with Gasteiger partial charge in [-0.1, -0.05) is 27.5 Å². The molecule has 6 heteroatoms. The van der Waals surface area contributed by atoms with Crippen molar-refractivity contribution in [2.45, 2.75) is 0 Å². The van der Waals surface area contributed by atoms with Gasteiger partial charge in [-0.05, 0) is 30.3 Å². The fraction of sp³-hybridized carbons (Fsp3) is 0.0769. The monoisotopic (exact) mass is 336 g/mol. The second-order valence-corrected chi connectivity index (χ2v) is 5.35. The van der Waals surface area contributed by atoms with Gasteiger partial charge in [-0.3, -0.25) is 0 Å². The number of benzene rings is 1. The number of anilines is 1. The van der Waals surface area contributed by atoms with Crippen molar-refractivity contribution >= 4 is 44.5 Å². The van der Waals surface area contributed by atoms with E-state index in [0.29, 0.717) is 16.5 Å². The van der Waals surface area contributed by atoms with Crippen LogP contribution in [0.1, 0.15) is 0 Å². The predicted octanol–water partition coefficient (Wildman–Crippen LogP) is 4.08. The molecule has 2 heterocycles. The Kier molecular flexibility index (Phi) is 3.16. The quantitative estimate of drug-likeness (QED) is 0.741. The second kappa shape index (κ2) is 4.83. The minimum absolute atomic E-state index is 0.649. The third-order valence-corrected chi connectivity index (χ3v) is 3.61. The van der Waals surface area contributed by atoms with Crippen LogP contribution in [-0.2, 0) is 0 Å². The number of aromatic amines is 1. The summed E-state index contributed by atoms with van der Waals surface area (Å²) in [6.07, 6.45) is 0. The molecule has 0 unspecified atom stereocenters. The van der Waals surface area contributed by atoms with Crippen LogP contribution in [0.4, 0.5) is 5.82 Å². The highest BCUT2D eigenvalue weighted by Crippen LogP contribution is 2.30. The Morgan fingerprint density at radius 2 is 2.05 bits per heavy atom. The van der Waals surface area contributed by atoms with E-state index in [1.165, 1.54) is 0 Å². The topological polar surface area (TPSA) is 53.6 Å². The van der Waals surface area contributed by atoms with Gasteiger partial charge in [0.1, 0.15) is 11.6 Å². The van der Waals surface area contributed by atoms with Gasteiger partial charge in [0, 0.05) is 17.1 Å². The summed E-state index contributed by atoms with van der Waals surface area (Å²) in [7, 11) is 1.83. The maximum atomic E-state index is 6.20. The van der Waals surface area contributed by atoms with E-state index in [2.05, 4.69) is 36.2 Å². The fourth-order valence-electron chi connectivity index (χ4n) is 1.84. The van der Waals surface area contributed by atoms with Gasteiger partial charge in [0.25, 0.3) is 0 Å². The third kappa shape index (κ3) is 2.31. The van der Waals surface area contributed by atoms with Crippen LogP contribution < -0.4 is 5.32 Å². The SMILES string of the molecule is CNc1ccc2[nH]c(-c3cc(Br)ccc3Cl)nc2n1. The molecule has 0 aliphatic rings. The molecule has 0 bridgehead atoms. The summed E-state index contributed by atoms with van der Waals surface area (Å²) in [5.41, 5.74) is 2.39. The Hall–Kier alpha value is -1.59. The zero-order chi connectivity index (χ0) is 13.4. The molecule has 3 aromatic rings. The van der Waals surface area contributed by atoms with E-state index in [1.54, 1.807) is 0 Å². The van der Waals surface area contributed by atoms with Gasteiger partial charge in [0.05, 0.1) is 10.5 Å². The van der Waals surface area contributed by atoms with E-state index in [1.807, 2.05) is 37.4 Å². The number of imidazole rings is 1. The molecule has 0 aliphatic carbocycles. The van der Waals surface area contributed by atoms with Gasteiger partial charge in [0.15, 0.2) is 5.65 Å². The predicted molar refractivity (Wildman–Crippen MR) is 81.6 cm³/mol. The Labute approximate surface area is 123 Å². The van der Waals surface area contributed by atoms with Crippen molar-refractivity contribution in [1.29, 1.82) is 0 Å². The van der Waals surface area contributed by atoms with Gasteiger partial charge in [-0.25, -0.2) is 9.97 Å². The fourth-order valence-corrected chi connectivity index (χ4v) is 2.41. The van der Waals surface area contributed by atoms with Crippen LogP contribution >= 0.6 is 27.5 Å². The van der Waals surface area contributed by atoms with Gasteiger partial charge in [0.2, 0.25) is 0 Å². The van der Waals surface area contributed by atoms with Crippen molar-refractivity contribution in [3.63, 3.8) is 0 Å². The number of nitrogens with zero attached hydrogens (tertiary/aromatic N) is 2. The summed E-state index contributed by atoms with van der Waals surface area (Å²) in [4.78, 5) is 12.1. The minimum atomic E-state index is 0.649. The maximum absolute atomic E-state index is 6.20. The van der Waals surface area contributed by atoms with Gasteiger partial charge in [-0.2, -0.15) is 0 Å². The second-order valence-electron chi connectivity index (χ2n) is 4.03. The highest BCUT2D eigenvalue weighted by Gasteiger charge is 2.10. The Morgan fingerprint density at radius 3 is 2.84 bits per heavy atom. The zero-order valence-electron chi connectivity index (χ0n) is 10.0. The summed E-state index contributed by atoms with van der Waals surface area (Å²) in [6, 6.07) is 9.49. The van der Waals surface area contributed by atoms with Crippen LogP contribution in [0.5, 0.6) is 0 Å². The lowest BCUT2D eigenvalue weighted by Crippen LogP contribution is -1.91. The Bertz CT molecular complexity index is 753. The highest BCUT2D eigenvalue weighted by atomic mass is 79.9. The molecule has 0 fully saturated rings. The first kappa shape index (κ1) is 12.4. The van der Waals surface area contributed by atoms with Gasteiger partial charge < -0.3 is 10.3 Å². The van der Waals surface area contributed by atoms with E-state index in [0.717, 1.165) is 21.4 Å². The normalized spacial score (nSPS) is 10.9. The molecule has 0 amide bonds. The molecule has 3 rings (SSSR count). The van der Waals surface area contributed by atoms with Crippen LogP contribution in [0, 0.1) is 0 Å². The van der Waals surface area contributed by atoms with E-state index < -0.39 is 0 Å². The number of hydrogen-bond acceptors (Lipinski definition) is 3. The van der Waals surface area contributed by atoms with Crippen LogP contribution in [0.3, 0.4) is 0 Å². The summed E-state index contributed by atoms with van der Waals surface area (Å²) >= 11 is 9.64. The number of hydrogen-bond donors (Lipinski definition) is 2. The number of rotatable bonds is 2. The first-order valence-corrected chi connectivity index (χ1v) is 6.84. The van der Waals surface area contributed by atoms with E-state index in [9.17, 15) is 0 Å². The van der Waals surface area contributed by atoms with Gasteiger partial charge >= 0.3 is 0 Å². The minimum Gasteiger partial charge on any atom is -0.373 e. The number of halogens is 2. The number of nitrogens with one attached hydrogen (secondary N) is 2. The van der Waals surface area contributed by atoms with Crippen molar-refractivity contribution in [1.82, 2.24) is 15.0 Å². The summed E-state index contributed by atoms with van der Waals surface area (Å²) in [5.74, 6) is 1.49. The molecule has 2 aromatic heterocycles. The van der Waals surface area contributed by atoms with E-state index in [-0.39, 0.29) is 0 Å². The maximum Gasteiger partial charge on any atom is 0.180 e. The lowest BCUT2D eigenvalue weighted by Gasteiger charge is -2.00. The van der Waals surface area contributed by atoms with Gasteiger partial charge in [-0.15, -0.1) is 0 Å². The highest BCUT2D eigenvalue weighted by molar-refractivity contribution is 9.10. The lowest BCUT2D eigenvalue weighted by atomic mass is 10.2. The first-order valence-electron chi connectivity index (χ1n) is 5.67. The molecule has 0 atom stereocenters. The number of fused-ring (bicyclic) bond motifs is 1. The third-order valence-electron chi connectivity index (χ3n) is 2.79. The van der Waals surface area contributed by atoms with Crippen molar-refractivity contribution in [3.05, 3.63) is 39.8 Å². The summed E-state index contributed by atoms with van der Waals surface area (Å²) in [5, 5.41) is 3.64. The van der Waals surface area contributed by atoms with Crippen LogP contribution in [0.15, 0.2) is 34.8 Å². The molecule has 0 radical (unpaired) electrons. The number of H-pyrrole nitrogens is 1. The first-order chi connectivity index (χ1) is 9.17. The zero-order valence-corrected chi connectivity index (χ0v) is 12.4. The number of aromatic nitrogens is 3. The average molecular weight is 338 g/mol. The number of pyridine rings is 1. The van der Waals surface area contributed by atoms with E-state index >= 15 is 0 Å². The summed E-state index contributed by atoms with van der Waals surface area (Å²) < 4.78 is 0.955. The molecule has 0 spiro atoms. The molecule has 96 valence electrons. The van der Waals surface area contributed by atoms with Crippen molar-refractivity contribution in [2.24, 2.45) is 0 Å². The molecule has 19 heavy (non-hydrogen) atoms. The molecule has 4 nitrogen and oxygen atoms in total. The largest absolute Gasteiger partial charge is 0.373 e. The van der Waals surface area contributed by atoms with E-state index in [4.69, 9.17) is 11.6 Å². The molecule has 0 aliphatic heterocycles. The molecular formula is C13H10BrClN4. The molecule has 0 saturated heterocycles. The Morgan fingerprint density at radius 1 is 1.21 bits per heavy atom. The van der Waals surface area contributed by atoms with Crippen LogP contribution in [-0.4, -0.2) is 22.0 Å². The van der Waals surface area contributed by atoms with Crippen LogP contribution in [0.2, 0.25) is 5.02 Å². The average Bonchev–Trinajstić information content (AvgIpc) is 2.83. The smallest absolute Gasteiger partial charge is 0.180 e. The molecule has 0 saturated carbocycles. The standard InChI is InChI=1S/C13H10BrClN4/c1-16-11-5-4-10-13(18-11)19-12(17-10)8-6-7(14)2-3-9(8)15/h2-6H,1H3,(H2,16,17,18,19). The van der Waals surface area contributed by atoms with Crippen molar-refractivity contribution in [3.8, 4) is 11.4 Å². The lowest BCUT2D eigenvalue weighted by molar-refractivity contribution is 1.28. The summed E-state index contributed by atoms with van der Waals surface area (Å²) in [6.45, 7) is 0.